The van der Waals surface area contributed by atoms with Crippen molar-refractivity contribution in [3.63, 3.8) is 0 Å². The maximum Gasteiger partial charge on any atom is 0.235 e. The van der Waals surface area contributed by atoms with Gasteiger partial charge in [-0.2, -0.15) is 10.5 Å². The summed E-state index contributed by atoms with van der Waals surface area (Å²) >= 11 is 0. The molecule has 10 heteroatoms. The zero-order valence-corrected chi connectivity index (χ0v) is 19.5. The number of anilines is 2. The smallest absolute Gasteiger partial charge is 0.235 e. The minimum absolute atomic E-state index is 0.235. The van der Waals surface area contributed by atoms with Gasteiger partial charge >= 0.3 is 0 Å². The second-order valence-electron chi connectivity index (χ2n) is 8.30. The molecule has 2 aromatic heterocycles. The van der Waals surface area contributed by atoms with Crippen LogP contribution in [0.25, 0.3) is 32.8 Å². The minimum atomic E-state index is 0.235. The van der Waals surface area contributed by atoms with Crippen LogP contribution in [0.5, 0.6) is 0 Å². The Balaban J connectivity index is 1.61. The third-order valence-corrected chi connectivity index (χ3v) is 6.26. The van der Waals surface area contributed by atoms with E-state index in [1.807, 2.05) is 79.8 Å². The van der Waals surface area contributed by atoms with Crippen LogP contribution in [0.3, 0.4) is 0 Å². The second kappa shape index (κ2) is 8.08. The van der Waals surface area contributed by atoms with Gasteiger partial charge in [0.05, 0.1) is 5.69 Å². The molecule has 0 unspecified atom stereocenters. The highest BCUT2D eigenvalue weighted by molar-refractivity contribution is 6.07. The van der Waals surface area contributed by atoms with Gasteiger partial charge in [-0.05, 0) is 18.2 Å². The fourth-order valence-electron chi connectivity index (χ4n) is 4.55. The first-order valence-corrected chi connectivity index (χ1v) is 11.2. The molecule has 0 aliphatic carbocycles. The topological polar surface area (TPSA) is 118 Å². The average molecular weight is 473 g/mol. The number of aromatic nitrogens is 6. The largest absolute Gasteiger partial charge is 0.249 e. The first-order chi connectivity index (χ1) is 17.6. The lowest BCUT2D eigenvalue weighted by atomic mass is 9.96. The van der Waals surface area contributed by atoms with E-state index in [1.165, 1.54) is 4.91 Å². The number of para-hydroxylation sites is 2. The lowest BCUT2D eigenvalue weighted by molar-refractivity contribution is -0.648. The van der Waals surface area contributed by atoms with Crippen molar-refractivity contribution in [2.75, 3.05) is 24.1 Å². The molecule has 0 aliphatic rings. The highest BCUT2D eigenvalue weighted by Crippen LogP contribution is 2.40. The molecule has 10 nitrogen and oxygen atoms in total. The van der Waals surface area contributed by atoms with E-state index in [0.717, 1.165) is 32.8 Å². The molecular formula is C26H20N10+2. The minimum Gasteiger partial charge on any atom is -0.249 e. The van der Waals surface area contributed by atoms with Crippen molar-refractivity contribution in [2.45, 2.75) is 0 Å². The molecule has 0 bridgehead atoms. The van der Waals surface area contributed by atoms with Crippen molar-refractivity contribution in [3.8, 4) is 12.1 Å². The van der Waals surface area contributed by atoms with Crippen LogP contribution in [0.1, 0.15) is 11.1 Å². The van der Waals surface area contributed by atoms with Gasteiger partial charge < -0.3 is 0 Å². The van der Waals surface area contributed by atoms with Gasteiger partial charge in [0.2, 0.25) is 16.7 Å². The third-order valence-electron chi connectivity index (χ3n) is 6.26. The molecule has 0 saturated heterocycles. The van der Waals surface area contributed by atoms with Crippen LogP contribution in [0.15, 0.2) is 72.8 Å². The molecule has 0 atom stereocenters. The number of H-pyrrole nitrogens is 2. The number of rotatable bonds is 4. The first-order valence-electron chi connectivity index (χ1n) is 11.2. The number of benzene rings is 4. The number of nitrogens with zero attached hydrogens (tertiary/aromatic N) is 8. The van der Waals surface area contributed by atoms with E-state index in [9.17, 15) is 10.5 Å². The van der Waals surface area contributed by atoms with Crippen molar-refractivity contribution in [1.29, 1.82) is 10.5 Å². The highest BCUT2D eigenvalue weighted by Gasteiger charge is 2.32. The summed E-state index contributed by atoms with van der Waals surface area (Å²) in [5.41, 5.74) is 4.89. The van der Waals surface area contributed by atoms with E-state index in [-0.39, 0.29) is 11.1 Å². The Labute approximate surface area is 205 Å². The Bertz CT molecular complexity index is 1670. The molecule has 0 amide bonds. The summed E-state index contributed by atoms with van der Waals surface area (Å²) in [4.78, 5) is 3.15. The van der Waals surface area contributed by atoms with Crippen LogP contribution in [-0.2, 0) is 0 Å². The van der Waals surface area contributed by atoms with Crippen LogP contribution in [-0.4, -0.2) is 34.1 Å². The molecule has 0 fully saturated rings. The van der Waals surface area contributed by atoms with Crippen LogP contribution >= 0.6 is 0 Å². The van der Waals surface area contributed by atoms with Crippen LogP contribution in [0.4, 0.5) is 11.4 Å². The average Bonchev–Trinajstić information content (AvgIpc) is 3.55. The number of nitrogens with one attached hydrogen (secondary N) is 2. The van der Waals surface area contributed by atoms with Crippen LogP contribution in [0, 0.1) is 22.7 Å². The summed E-state index contributed by atoms with van der Waals surface area (Å²) in [5, 5.41) is 41.4. The first kappa shape index (κ1) is 21.1. The van der Waals surface area contributed by atoms with Gasteiger partial charge in [0.1, 0.15) is 41.3 Å². The van der Waals surface area contributed by atoms with Crippen molar-refractivity contribution < 1.29 is 10.2 Å². The van der Waals surface area contributed by atoms with Crippen molar-refractivity contribution in [1.82, 2.24) is 20.0 Å². The molecule has 2 heterocycles. The number of fused-ring (bicyclic) bond motifs is 3. The van der Waals surface area contributed by atoms with Gasteiger partial charge in [-0.25, -0.2) is 5.01 Å². The molecule has 36 heavy (non-hydrogen) atoms. The lowest BCUT2D eigenvalue weighted by Gasteiger charge is -2.22. The second-order valence-corrected chi connectivity index (χ2v) is 8.30. The Morgan fingerprint density at radius 3 is 1.61 bits per heavy atom. The highest BCUT2D eigenvalue weighted by atomic mass is 15.8. The predicted octanol–water partition coefficient (Wildman–Crippen LogP) is 2.71. The fourth-order valence-corrected chi connectivity index (χ4v) is 4.55. The molecule has 6 rings (SSSR count). The monoisotopic (exact) mass is 472 g/mol. The molecule has 6 aromatic rings. The van der Waals surface area contributed by atoms with Crippen molar-refractivity contribution >= 4 is 44.2 Å². The van der Waals surface area contributed by atoms with E-state index in [0.29, 0.717) is 11.4 Å². The van der Waals surface area contributed by atoms with Crippen LogP contribution in [0.2, 0.25) is 0 Å². The Morgan fingerprint density at radius 1 is 0.667 bits per heavy atom. The Hall–Kier alpha value is -5.48. The van der Waals surface area contributed by atoms with Gasteiger partial charge in [0, 0.05) is 30.0 Å². The van der Waals surface area contributed by atoms with E-state index >= 15 is 0 Å². The molecular weight excluding hydrogens is 452 g/mol. The summed E-state index contributed by atoms with van der Waals surface area (Å²) in [6.07, 6.45) is 0. The van der Waals surface area contributed by atoms with Crippen LogP contribution < -0.4 is 20.2 Å². The molecule has 0 spiro atoms. The summed E-state index contributed by atoms with van der Waals surface area (Å²) < 4.78 is 0. The van der Waals surface area contributed by atoms with Crippen molar-refractivity contribution in [3.05, 3.63) is 83.9 Å². The van der Waals surface area contributed by atoms with Gasteiger partial charge in [-0.15, -0.1) is 10.2 Å². The molecule has 4 aromatic carbocycles. The third kappa shape index (κ3) is 3.10. The molecule has 0 saturated carbocycles. The summed E-state index contributed by atoms with van der Waals surface area (Å²) in [6, 6.07) is 27.6. The maximum absolute atomic E-state index is 10.3. The number of hydrogen-bond acceptors (Lipinski definition) is 6. The standard InChI is InChI=1S/C26H18N10/c1-33(35-29-21-11-5-6-12-22(21)30-35)25-17-9-3-4-10-18(17)26(20(16-28)19(25)15-27)34(2)36-31-23-13-7-8-14-24(23)32-36/h3-14H,1-2H3/p+2. The lowest BCUT2D eigenvalue weighted by Crippen LogP contribution is -2.44. The Kier molecular flexibility index (Phi) is 4.73. The van der Waals surface area contributed by atoms with Gasteiger partial charge in [0.15, 0.2) is 4.91 Å². The zero-order valence-electron chi connectivity index (χ0n) is 19.5. The molecule has 172 valence electrons. The SMILES string of the molecule is CN(c1c(C#N)c(C#N)c(N(C)n2[nH+]c3ccccc3[nH+]2)c2ccccc12)n1nc2ccccc2n1. The summed E-state index contributed by atoms with van der Waals surface area (Å²) in [7, 11) is 3.62. The van der Waals surface area contributed by atoms with E-state index in [2.05, 4.69) is 32.5 Å². The summed E-state index contributed by atoms with van der Waals surface area (Å²) in [6.45, 7) is 0. The fraction of sp³-hybridized carbons (Fsp3) is 0.0769. The number of nitriles is 2. The quantitative estimate of drug-likeness (QED) is 0.389. The zero-order chi connectivity index (χ0) is 24.8. The maximum atomic E-state index is 10.3. The van der Waals surface area contributed by atoms with Crippen molar-refractivity contribution in [2.24, 2.45) is 0 Å². The van der Waals surface area contributed by atoms with Gasteiger partial charge in [-0.1, -0.05) is 62.6 Å². The van der Waals surface area contributed by atoms with E-state index in [1.54, 1.807) is 22.0 Å². The normalized spacial score (nSPS) is 11.0. The molecule has 0 radical (unpaired) electrons. The summed E-state index contributed by atoms with van der Waals surface area (Å²) in [5.74, 6) is 0. The predicted molar refractivity (Wildman–Crippen MR) is 134 cm³/mol. The van der Waals surface area contributed by atoms with Gasteiger partial charge in [0.25, 0.3) is 0 Å². The number of aromatic amines is 2. The van der Waals surface area contributed by atoms with Gasteiger partial charge in [-0.3, -0.25) is 0 Å². The van der Waals surface area contributed by atoms with E-state index < -0.39 is 0 Å². The number of hydrogen-bond donors (Lipinski definition) is 0. The molecule has 0 aliphatic heterocycles. The van der Waals surface area contributed by atoms with E-state index in [4.69, 9.17) is 0 Å². The molecule has 2 N–H and O–H groups in total. The Morgan fingerprint density at radius 2 is 1.11 bits per heavy atom.